The van der Waals surface area contributed by atoms with E-state index in [2.05, 4.69) is 0 Å². The Morgan fingerprint density at radius 2 is 1.93 bits per heavy atom. The third-order valence-corrected chi connectivity index (χ3v) is 7.76. The van der Waals surface area contributed by atoms with Crippen LogP contribution in [0.1, 0.15) is 30.1 Å². The molecule has 0 N–H and O–H groups in total. The average molecular weight is 425 g/mol. The zero-order valence-corrected chi connectivity index (χ0v) is 17.9. The van der Waals surface area contributed by atoms with E-state index in [0.29, 0.717) is 18.2 Å². The Hall–Kier alpha value is -2.71. The predicted molar refractivity (Wildman–Crippen MR) is 115 cm³/mol. The highest BCUT2D eigenvalue weighted by molar-refractivity contribution is 7.89. The van der Waals surface area contributed by atoms with Crippen molar-refractivity contribution in [1.82, 2.24) is 13.9 Å². The molecule has 1 aliphatic carbocycles. The molecule has 156 valence electrons. The fraction of sp³-hybridized carbons (Fsp3) is 0.364. The molecule has 0 bridgehead atoms. The first-order valence-electron chi connectivity index (χ1n) is 10.2. The van der Waals surface area contributed by atoms with Crippen LogP contribution in [-0.4, -0.2) is 48.8 Å². The van der Waals surface area contributed by atoms with Crippen molar-refractivity contribution in [1.29, 1.82) is 0 Å². The minimum atomic E-state index is -3.56. The number of nitrogens with zero attached hydrogens (tertiary/aromatic N) is 4. The Morgan fingerprint density at radius 1 is 1.17 bits per heavy atom. The molecule has 1 aliphatic heterocycles. The number of fused-ring (bicyclic) bond motifs is 2. The smallest absolute Gasteiger partial charge is 0.247 e. The van der Waals surface area contributed by atoms with Gasteiger partial charge in [0.15, 0.2) is 0 Å². The van der Waals surface area contributed by atoms with Gasteiger partial charge < -0.3 is 9.47 Å². The molecule has 0 atom stereocenters. The summed E-state index contributed by atoms with van der Waals surface area (Å²) in [5.41, 5.74) is 3.57. The van der Waals surface area contributed by atoms with Gasteiger partial charge in [0.2, 0.25) is 15.9 Å². The van der Waals surface area contributed by atoms with E-state index < -0.39 is 10.0 Å². The Morgan fingerprint density at radius 3 is 2.67 bits per heavy atom. The number of amides is 1. The first-order valence-corrected chi connectivity index (χ1v) is 11.6. The van der Waals surface area contributed by atoms with Gasteiger partial charge in [-0.05, 0) is 49.1 Å². The average Bonchev–Trinajstić information content (AvgIpc) is 3.38. The van der Waals surface area contributed by atoms with Crippen molar-refractivity contribution in [2.75, 3.05) is 25.5 Å². The van der Waals surface area contributed by atoms with Gasteiger partial charge in [-0.15, -0.1) is 0 Å². The van der Waals surface area contributed by atoms with E-state index in [9.17, 15) is 13.2 Å². The second kappa shape index (κ2) is 6.92. The topological polar surface area (TPSA) is 75.5 Å². The van der Waals surface area contributed by atoms with Crippen LogP contribution in [0.4, 0.5) is 5.69 Å². The fourth-order valence-electron chi connectivity index (χ4n) is 4.12. The molecule has 30 heavy (non-hydrogen) atoms. The van der Waals surface area contributed by atoms with Crippen molar-refractivity contribution < 1.29 is 13.2 Å². The van der Waals surface area contributed by atoms with E-state index in [4.69, 9.17) is 4.98 Å². The lowest BCUT2D eigenvalue weighted by Gasteiger charge is -2.20. The molecule has 8 heteroatoms. The lowest BCUT2D eigenvalue weighted by molar-refractivity contribution is -0.119. The van der Waals surface area contributed by atoms with Crippen LogP contribution in [0.5, 0.6) is 0 Å². The SMILES string of the molecule is CN(C)S(=O)(=O)c1ccc2c(c1)N(C(=O)Cn1c(C3CC3)nc3ccccc31)CC2. The van der Waals surface area contributed by atoms with E-state index in [0.717, 1.165) is 41.7 Å². The van der Waals surface area contributed by atoms with Crippen LogP contribution in [0.3, 0.4) is 0 Å². The van der Waals surface area contributed by atoms with Crippen LogP contribution in [0.25, 0.3) is 11.0 Å². The molecule has 0 spiro atoms. The third kappa shape index (κ3) is 3.11. The van der Waals surface area contributed by atoms with Gasteiger partial charge >= 0.3 is 0 Å². The Balaban J connectivity index is 1.49. The highest BCUT2D eigenvalue weighted by Gasteiger charge is 2.32. The second-order valence-electron chi connectivity index (χ2n) is 8.19. The second-order valence-corrected chi connectivity index (χ2v) is 10.3. The number of sulfonamides is 1. The van der Waals surface area contributed by atoms with Crippen LogP contribution in [0.2, 0.25) is 0 Å². The fourth-order valence-corrected chi connectivity index (χ4v) is 5.05. The van der Waals surface area contributed by atoms with Crippen LogP contribution >= 0.6 is 0 Å². The molecule has 1 fully saturated rings. The zero-order valence-electron chi connectivity index (χ0n) is 17.1. The monoisotopic (exact) mass is 424 g/mol. The Kier molecular flexibility index (Phi) is 4.44. The summed E-state index contributed by atoms with van der Waals surface area (Å²) in [4.78, 5) is 20.0. The van der Waals surface area contributed by atoms with Gasteiger partial charge in [-0.3, -0.25) is 4.79 Å². The first-order chi connectivity index (χ1) is 14.4. The predicted octanol–water partition coefficient (Wildman–Crippen LogP) is 2.75. The molecule has 2 heterocycles. The lowest BCUT2D eigenvalue weighted by Crippen LogP contribution is -2.33. The molecular formula is C22H24N4O3S. The van der Waals surface area contributed by atoms with E-state index in [1.807, 2.05) is 34.9 Å². The van der Waals surface area contributed by atoms with Crippen LogP contribution < -0.4 is 4.90 Å². The van der Waals surface area contributed by atoms with E-state index in [-0.39, 0.29) is 17.3 Å². The maximum atomic E-state index is 13.3. The number of anilines is 1. The van der Waals surface area contributed by atoms with Crippen molar-refractivity contribution in [3.8, 4) is 0 Å². The summed E-state index contributed by atoms with van der Waals surface area (Å²) in [5.74, 6) is 1.36. The molecule has 1 aromatic heterocycles. The number of aromatic nitrogens is 2. The molecule has 0 radical (unpaired) electrons. The van der Waals surface area contributed by atoms with Gasteiger partial charge in [0.25, 0.3) is 0 Å². The summed E-state index contributed by atoms with van der Waals surface area (Å²) in [5, 5.41) is 0. The van der Waals surface area contributed by atoms with E-state index in [1.54, 1.807) is 17.0 Å². The van der Waals surface area contributed by atoms with Gasteiger partial charge in [-0.1, -0.05) is 18.2 Å². The largest absolute Gasteiger partial charge is 0.318 e. The van der Waals surface area contributed by atoms with Crippen molar-refractivity contribution >= 4 is 32.7 Å². The maximum absolute atomic E-state index is 13.3. The number of rotatable bonds is 5. The summed E-state index contributed by atoms with van der Waals surface area (Å²) in [6, 6.07) is 13.0. The highest BCUT2D eigenvalue weighted by Crippen LogP contribution is 2.41. The van der Waals surface area contributed by atoms with E-state index in [1.165, 1.54) is 18.4 Å². The minimum absolute atomic E-state index is 0.0433. The summed E-state index contributed by atoms with van der Waals surface area (Å²) >= 11 is 0. The molecule has 2 aliphatic rings. The van der Waals surface area contributed by atoms with E-state index >= 15 is 0 Å². The Labute approximate surface area is 176 Å². The molecule has 3 aromatic rings. The zero-order chi connectivity index (χ0) is 21.0. The number of carbonyl (C=O) groups excluding carboxylic acids is 1. The molecule has 7 nitrogen and oxygen atoms in total. The molecule has 2 aromatic carbocycles. The molecular weight excluding hydrogens is 400 g/mol. The first kappa shape index (κ1) is 19.3. The Bertz CT molecular complexity index is 1260. The molecule has 0 unspecified atom stereocenters. The number of para-hydroxylation sites is 2. The molecule has 1 amide bonds. The van der Waals surface area contributed by atoms with Gasteiger partial charge in [-0.25, -0.2) is 17.7 Å². The van der Waals surface area contributed by atoms with Crippen molar-refractivity contribution in [2.24, 2.45) is 0 Å². The molecule has 5 rings (SSSR count). The van der Waals surface area contributed by atoms with Crippen molar-refractivity contribution in [3.63, 3.8) is 0 Å². The minimum Gasteiger partial charge on any atom is -0.318 e. The van der Waals surface area contributed by atoms with Gasteiger partial charge in [0.1, 0.15) is 12.4 Å². The number of hydrogen-bond donors (Lipinski definition) is 0. The van der Waals surface area contributed by atoms with Crippen LogP contribution in [0.15, 0.2) is 47.4 Å². The summed E-state index contributed by atoms with van der Waals surface area (Å²) in [6.07, 6.45) is 2.94. The van der Waals surface area contributed by atoms with Crippen molar-refractivity contribution in [3.05, 3.63) is 53.9 Å². The molecule has 0 saturated heterocycles. The highest BCUT2D eigenvalue weighted by atomic mass is 32.2. The van der Waals surface area contributed by atoms with Crippen LogP contribution in [-0.2, 0) is 27.8 Å². The number of benzene rings is 2. The number of hydrogen-bond acceptors (Lipinski definition) is 4. The molecule has 1 saturated carbocycles. The van der Waals surface area contributed by atoms with Gasteiger partial charge in [0, 0.05) is 32.2 Å². The normalized spacial score (nSPS) is 16.4. The number of carbonyl (C=O) groups is 1. The van der Waals surface area contributed by atoms with Gasteiger partial charge in [-0.2, -0.15) is 0 Å². The number of imidazole rings is 1. The maximum Gasteiger partial charge on any atom is 0.247 e. The standard InChI is InChI=1S/C22H24N4O3S/c1-24(2)30(28,29)17-10-9-15-11-12-25(20(15)13-17)21(27)14-26-19-6-4-3-5-18(19)23-22(26)16-7-8-16/h3-6,9-10,13,16H,7-8,11-12,14H2,1-2H3. The van der Waals surface area contributed by atoms with Gasteiger partial charge in [0.05, 0.1) is 15.9 Å². The summed E-state index contributed by atoms with van der Waals surface area (Å²) in [7, 11) is -0.538. The quantitative estimate of drug-likeness (QED) is 0.631. The van der Waals surface area contributed by atoms with Crippen molar-refractivity contribution in [2.45, 2.75) is 36.6 Å². The third-order valence-electron chi connectivity index (χ3n) is 5.95. The lowest BCUT2D eigenvalue weighted by atomic mass is 10.2. The summed E-state index contributed by atoms with van der Waals surface area (Å²) < 4.78 is 28.3. The van der Waals surface area contributed by atoms with Crippen LogP contribution in [0, 0.1) is 0 Å². The summed E-state index contributed by atoms with van der Waals surface area (Å²) in [6.45, 7) is 0.765.